The Morgan fingerprint density at radius 1 is 0.871 bits per heavy atom. The number of ether oxygens (including phenoxy) is 2. The molecule has 0 aliphatic carbocycles. The van der Waals surface area contributed by atoms with Crippen LogP contribution in [0.5, 0.6) is 11.5 Å². The Hall–Kier alpha value is -0.310. The van der Waals surface area contributed by atoms with Crippen molar-refractivity contribution >= 4 is 58.6 Å². The first kappa shape index (κ1) is 26.9. The fourth-order valence-electron chi connectivity index (χ4n) is 3.40. The largest absolute Gasteiger partial charge is 0.497 e. The van der Waals surface area contributed by atoms with Gasteiger partial charge in [-0.1, -0.05) is 27.7 Å². The zero-order valence-electron chi connectivity index (χ0n) is 19.7. The Morgan fingerprint density at radius 3 is 1.87 bits per heavy atom. The minimum Gasteiger partial charge on any atom is -0.497 e. The summed E-state index contributed by atoms with van der Waals surface area (Å²) < 4.78 is 10.8. The van der Waals surface area contributed by atoms with Crippen molar-refractivity contribution in [1.29, 1.82) is 0 Å². The molecule has 1 aromatic carbocycles. The molecule has 0 spiro atoms. The third kappa shape index (κ3) is 5.98. The maximum absolute atomic E-state index is 14.3. The molecule has 31 heavy (non-hydrogen) atoms. The number of carbonyl (C=O) groups is 1. The Bertz CT molecular complexity index is 700. The first-order valence-electron chi connectivity index (χ1n) is 11.2. The molecule has 1 aliphatic heterocycles. The normalized spacial score (nSPS) is 14.9. The minimum absolute atomic E-state index is 0.0503. The van der Waals surface area contributed by atoms with E-state index in [0.29, 0.717) is 0 Å². The van der Waals surface area contributed by atoms with E-state index in [2.05, 4.69) is 27.7 Å². The number of nitrogens with zero attached hydrogens (tertiary/aromatic N) is 1. The Kier molecular flexibility index (Phi) is 11.7. The SMILES string of the molecule is CCCSC(SCCC)N1C(=O)C(SCCC)(SCCC)c2c(OC)cc(OC)cc21. The second-order valence-electron chi connectivity index (χ2n) is 7.26. The van der Waals surface area contributed by atoms with Gasteiger partial charge in [0.25, 0.3) is 5.91 Å². The maximum Gasteiger partial charge on any atom is 0.259 e. The van der Waals surface area contributed by atoms with Crippen LogP contribution in [0.25, 0.3) is 0 Å². The van der Waals surface area contributed by atoms with Crippen molar-refractivity contribution in [3.63, 3.8) is 0 Å². The molecule has 1 aromatic rings. The molecule has 0 bridgehead atoms. The number of methoxy groups -OCH3 is 2. The smallest absolute Gasteiger partial charge is 0.259 e. The van der Waals surface area contributed by atoms with Crippen LogP contribution in [0.4, 0.5) is 5.69 Å². The lowest BCUT2D eigenvalue weighted by atomic mass is 10.1. The minimum atomic E-state index is -0.670. The summed E-state index contributed by atoms with van der Waals surface area (Å²) in [5.74, 6) is 5.57. The molecule has 1 heterocycles. The summed E-state index contributed by atoms with van der Waals surface area (Å²) in [7, 11) is 3.36. The lowest BCUT2D eigenvalue weighted by molar-refractivity contribution is -0.118. The molecular weight excluding hydrogens is 467 g/mol. The summed E-state index contributed by atoms with van der Waals surface area (Å²) in [6, 6.07) is 3.96. The van der Waals surface area contributed by atoms with E-state index < -0.39 is 4.08 Å². The first-order chi connectivity index (χ1) is 15.0. The monoisotopic (exact) mass is 503 g/mol. The third-order valence-corrected chi connectivity index (χ3v) is 11.4. The highest BCUT2D eigenvalue weighted by atomic mass is 32.2. The zero-order valence-corrected chi connectivity index (χ0v) is 23.0. The lowest BCUT2D eigenvalue weighted by Crippen LogP contribution is -2.41. The summed E-state index contributed by atoms with van der Waals surface area (Å²) in [5.41, 5.74) is 1.96. The van der Waals surface area contributed by atoms with Crippen molar-refractivity contribution in [2.45, 2.75) is 62.2 Å². The number of thioether (sulfide) groups is 4. The fraction of sp³-hybridized carbons (Fsp3) is 0.696. The van der Waals surface area contributed by atoms with Gasteiger partial charge >= 0.3 is 0 Å². The number of hydrogen-bond donors (Lipinski definition) is 0. The van der Waals surface area contributed by atoms with Crippen molar-refractivity contribution in [3.8, 4) is 11.5 Å². The highest BCUT2D eigenvalue weighted by Gasteiger charge is 2.55. The van der Waals surface area contributed by atoms with E-state index in [4.69, 9.17) is 9.47 Å². The predicted molar refractivity (Wildman–Crippen MR) is 143 cm³/mol. The van der Waals surface area contributed by atoms with Crippen molar-refractivity contribution in [2.24, 2.45) is 0 Å². The van der Waals surface area contributed by atoms with E-state index in [1.165, 1.54) is 0 Å². The van der Waals surface area contributed by atoms with E-state index >= 15 is 0 Å². The van der Waals surface area contributed by atoms with Crippen molar-refractivity contribution in [1.82, 2.24) is 0 Å². The van der Waals surface area contributed by atoms with Gasteiger partial charge in [0.15, 0.2) is 4.08 Å². The predicted octanol–water partition coefficient (Wildman–Crippen LogP) is 7.06. The standard InChI is InChI=1S/C23H37NO3S4/c1-7-11-28-22(29-12-8-2)24-18-15-17(26-5)16-19(27-6)20(18)23(21(24)25,30-13-9-3)31-14-10-4/h15-16,22H,7-14H2,1-6H3. The Labute approximate surface area is 205 Å². The van der Waals surface area contributed by atoms with Crippen LogP contribution < -0.4 is 14.4 Å². The van der Waals surface area contributed by atoms with Gasteiger partial charge in [0.1, 0.15) is 16.2 Å². The molecule has 176 valence electrons. The molecule has 8 heteroatoms. The van der Waals surface area contributed by atoms with Crippen LogP contribution in [0.1, 0.15) is 58.9 Å². The molecule has 0 radical (unpaired) electrons. The molecule has 0 saturated heterocycles. The quantitative estimate of drug-likeness (QED) is 0.237. The van der Waals surface area contributed by atoms with E-state index in [1.54, 1.807) is 37.7 Å². The van der Waals surface area contributed by atoms with E-state index in [-0.39, 0.29) is 10.6 Å². The average molecular weight is 504 g/mol. The molecule has 0 unspecified atom stereocenters. The van der Waals surface area contributed by atoms with Gasteiger partial charge in [0, 0.05) is 12.1 Å². The van der Waals surface area contributed by atoms with Crippen LogP contribution in [-0.2, 0) is 8.87 Å². The van der Waals surface area contributed by atoms with Gasteiger partial charge in [0.05, 0.1) is 25.5 Å². The fourth-order valence-corrected chi connectivity index (χ4v) is 8.91. The molecule has 0 saturated carbocycles. The topological polar surface area (TPSA) is 38.8 Å². The summed E-state index contributed by atoms with van der Waals surface area (Å²) in [5, 5.41) is 0. The highest BCUT2D eigenvalue weighted by molar-refractivity contribution is 8.19. The molecule has 0 fully saturated rings. The highest BCUT2D eigenvalue weighted by Crippen LogP contribution is 2.61. The number of benzene rings is 1. The summed E-state index contributed by atoms with van der Waals surface area (Å²) in [6.45, 7) is 8.73. The lowest BCUT2D eigenvalue weighted by Gasteiger charge is -2.31. The summed E-state index contributed by atoms with van der Waals surface area (Å²) in [4.78, 5) is 16.3. The van der Waals surface area contributed by atoms with E-state index in [1.807, 2.05) is 40.6 Å². The Balaban J connectivity index is 2.69. The van der Waals surface area contributed by atoms with Gasteiger partial charge in [-0.3, -0.25) is 9.69 Å². The molecule has 2 rings (SSSR count). The second kappa shape index (κ2) is 13.4. The van der Waals surface area contributed by atoms with Crippen LogP contribution >= 0.6 is 47.0 Å². The van der Waals surface area contributed by atoms with Crippen LogP contribution in [0.3, 0.4) is 0 Å². The average Bonchev–Trinajstić information content (AvgIpc) is 3.03. The zero-order chi connectivity index (χ0) is 22.9. The molecule has 1 amide bonds. The maximum atomic E-state index is 14.3. The number of fused-ring (bicyclic) bond motifs is 1. The van der Waals surface area contributed by atoms with Gasteiger partial charge in [-0.15, -0.1) is 47.0 Å². The van der Waals surface area contributed by atoms with Crippen LogP contribution in [-0.4, -0.2) is 47.8 Å². The summed E-state index contributed by atoms with van der Waals surface area (Å²) in [6.07, 6.45) is 4.23. The number of amides is 1. The number of hydrogen-bond acceptors (Lipinski definition) is 7. The summed E-state index contributed by atoms with van der Waals surface area (Å²) >= 11 is 7.27. The molecular formula is C23H37NO3S4. The first-order valence-corrected chi connectivity index (χ1v) is 15.2. The van der Waals surface area contributed by atoms with Gasteiger partial charge in [-0.2, -0.15) is 0 Å². The number of anilines is 1. The second-order valence-corrected chi connectivity index (χ2v) is 12.8. The molecule has 4 nitrogen and oxygen atoms in total. The van der Waals surface area contributed by atoms with Gasteiger partial charge in [0.2, 0.25) is 0 Å². The molecule has 0 atom stereocenters. The van der Waals surface area contributed by atoms with Crippen molar-refractivity contribution in [3.05, 3.63) is 17.7 Å². The van der Waals surface area contributed by atoms with Gasteiger partial charge in [-0.25, -0.2) is 0 Å². The Morgan fingerprint density at radius 2 is 1.42 bits per heavy atom. The van der Waals surface area contributed by atoms with Gasteiger partial charge in [-0.05, 0) is 48.7 Å². The van der Waals surface area contributed by atoms with Crippen LogP contribution in [0, 0.1) is 0 Å². The van der Waals surface area contributed by atoms with Crippen LogP contribution in [0.2, 0.25) is 0 Å². The number of carbonyl (C=O) groups excluding carboxylic acids is 1. The molecule has 1 aliphatic rings. The molecule has 0 N–H and O–H groups in total. The van der Waals surface area contributed by atoms with E-state index in [9.17, 15) is 4.79 Å². The molecule has 0 aromatic heterocycles. The van der Waals surface area contributed by atoms with Crippen molar-refractivity contribution < 1.29 is 14.3 Å². The number of rotatable bonds is 15. The van der Waals surface area contributed by atoms with E-state index in [0.717, 1.165) is 71.4 Å². The van der Waals surface area contributed by atoms with Crippen LogP contribution in [0.15, 0.2) is 12.1 Å². The third-order valence-electron chi connectivity index (χ3n) is 4.76. The van der Waals surface area contributed by atoms with Crippen molar-refractivity contribution in [2.75, 3.05) is 42.1 Å². The van der Waals surface area contributed by atoms with Gasteiger partial charge < -0.3 is 9.47 Å².